The summed E-state index contributed by atoms with van der Waals surface area (Å²) in [7, 11) is 0. The maximum atomic E-state index is 8.68. The largest absolute Gasteiger partial charge is 0.396 e. The van der Waals surface area contributed by atoms with E-state index in [1.54, 1.807) is 0 Å². The molecule has 1 N–H and O–H groups in total. The highest BCUT2D eigenvalue weighted by molar-refractivity contribution is 6.32. The number of hydrogen-bond acceptors (Lipinski definition) is 1. The second-order valence-corrected chi connectivity index (χ2v) is 2.90. The molecule has 0 atom stereocenters. The van der Waals surface area contributed by atoms with E-state index >= 15 is 0 Å². The summed E-state index contributed by atoms with van der Waals surface area (Å²) in [6.45, 7) is 2.12. The van der Waals surface area contributed by atoms with Crippen molar-refractivity contribution in [1.29, 1.82) is 0 Å². The average Bonchev–Trinajstić information content (AvgIpc) is 1.99. The molecule has 0 aliphatic heterocycles. The quantitative estimate of drug-likeness (QED) is 0.722. The van der Waals surface area contributed by atoms with Crippen LogP contribution in [0, 0.1) is 6.92 Å². The van der Waals surface area contributed by atoms with Crippen LogP contribution in [0.2, 0.25) is 5.02 Å². The molecule has 1 aromatic carbocycles. The molecule has 2 heteroatoms. The minimum absolute atomic E-state index is 0.156. The molecule has 0 fully saturated rings. The Morgan fingerprint density at radius 1 is 1.45 bits per heavy atom. The van der Waals surface area contributed by atoms with Crippen LogP contribution in [-0.2, 0) is 6.42 Å². The Bertz CT molecular complexity index is 245. The molecule has 0 unspecified atom stereocenters. The van der Waals surface area contributed by atoms with Crippen LogP contribution >= 0.6 is 11.6 Å². The van der Waals surface area contributed by atoms with Crippen LogP contribution < -0.4 is 0 Å². The zero-order valence-electron chi connectivity index (χ0n) is 6.47. The lowest BCUT2D eigenvalue weighted by Gasteiger charge is -2.03. The number of halogens is 1. The number of aliphatic hydroxyl groups is 1. The lowest BCUT2D eigenvalue weighted by molar-refractivity contribution is 0.299. The van der Waals surface area contributed by atoms with E-state index in [1.807, 2.05) is 25.1 Å². The minimum atomic E-state index is 0.156. The maximum Gasteiger partial charge on any atom is 0.0471 e. The van der Waals surface area contributed by atoms with Crippen molar-refractivity contribution in [2.45, 2.75) is 13.3 Å². The van der Waals surface area contributed by atoms with Crippen LogP contribution in [0.5, 0.6) is 0 Å². The van der Waals surface area contributed by atoms with Gasteiger partial charge < -0.3 is 5.11 Å². The van der Waals surface area contributed by atoms with E-state index in [0.29, 0.717) is 6.42 Å². The Kier molecular flexibility index (Phi) is 2.92. The first kappa shape index (κ1) is 8.57. The average molecular weight is 171 g/mol. The highest BCUT2D eigenvalue weighted by atomic mass is 35.5. The molecule has 1 aromatic rings. The predicted molar refractivity (Wildman–Crippen MR) is 47.0 cm³/mol. The summed E-state index contributed by atoms with van der Waals surface area (Å²) in [5.74, 6) is 0. The van der Waals surface area contributed by atoms with Gasteiger partial charge >= 0.3 is 0 Å². The van der Waals surface area contributed by atoms with Crippen molar-refractivity contribution in [2.75, 3.05) is 6.61 Å². The predicted octanol–water partition coefficient (Wildman–Crippen LogP) is 2.18. The topological polar surface area (TPSA) is 20.2 Å². The van der Waals surface area contributed by atoms with Gasteiger partial charge in [-0.25, -0.2) is 0 Å². The van der Waals surface area contributed by atoms with Gasteiger partial charge in [-0.15, -0.1) is 0 Å². The molecule has 0 radical (unpaired) electrons. The molecule has 11 heavy (non-hydrogen) atoms. The summed E-state index contributed by atoms with van der Waals surface area (Å²) in [6.07, 6.45) is 0.639. The van der Waals surface area contributed by atoms with Crippen molar-refractivity contribution in [1.82, 2.24) is 0 Å². The van der Waals surface area contributed by atoms with E-state index in [9.17, 15) is 0 Å². The highest BCUT2D eigenvalue weighted by Crippen LogP contribution is 2.20. The monoisotopic (exact) mass is 170 g/mol. The van der Waals surface area contributed by atoms with Gasteiger partial charge in [0, 0.05) is 11.6 Å². The van der Waals surface area contributed by atoms with Gasteiger partial charge in [0.25, 0.3) is 0 Å². The molecule has 0 heterocycles. The fourth-order valence-electron chi connectivity index (χ4n) is 1.02. The molecule has 0 aliphatic rings. The summed E-state index contributed by atoms with van der Waals surface area (Å²) >= 11 is 5.96. The van der Waals surface area contributed by atoms with Crippen molar-refractivity contribution in [3.8, 4) is 0 Å². The molecule has 0 spiro atoms. The van der Waals surface area contributed by atoms with Gasteiger partial charge in [-0.2, -0.15) is 0 Å². The minimum Gasteiger partial charge on any atom is -0.396 e. The van der Waals surface area contributed by atoms with Gasteiger partial charge in [0.05, 0.1) is 0 Å². The Morgan fingerprint density at radius 2 is 2.18 bits per heavy atom. The molecule has 1 rings (SSSR count). The molecule has 0 saturated carbocycles. The summed E-state index contributed by atoms with van der Waals surface area (Å²) < 4.78 is 0. The number of aryl methyl sites for hydroxylation is 1. The third-order valence-corrected chi connectivity index (χ3v) is 2.19. The first-order chi connectivity index (χ1) is 5.25. The Hall–Kier alpha value is -0.530. The molecular formula is C9H11ClO. The Morgan fingerprint density at radius 3 is 2.82 bits per heavy atom. The summed E-state index contributed by atoms with van der Waals surface area (Å²) in [5.41, 5.74) is 2.09. The van der Waals surface area contributed by atoms with Gasteiger partial charge in [0.2, 0.25) is 0 Å². The van der Waals surface area contributed by atoms with Gasteiger partial charge in [-0.3, -0.25) is 0 Å². The van der Waals surface area contributed by atoms with Crippen molar-refractivity contribution in [2.24, 2.45) is 0 Å². The summed E-state index contributed by atoms with van der Waals surface area (Å²) in [6, 6.07) is 5.85. The van der Waals surface area contributed by atoms with Crippen molar-refractivity contribution < 1.29 is 5.11 Å². The van der Waals surface area contributed by atoms with E-state index in [0.717, 1.165) is 16.1 Å². The Balaban J connectivity index is 2.96. The van der Waals surface area contributed by atoms with E-state index in [2.05, 4.69) is 0 Å². The summed E-state index contributed by atoms with van der Waals surface area (Å²) in [5, 5.41) is 9.46. The van der Waals surface area contributed by atoms with Crippen molar-refractivity contribution in [3.05, 3.63) is 34.3 Å². The molecule has 0 amide bonds. The molecular weight excluding hydrogens is 160 g/mol. The highest BCUT2D eigenvalue weighted by Gasteiger charge is 2.00. The lowest BCUT2D eigenvalue weighted by Crippen LogP contribution is -1.92. The molecule has 0 bridgehead atoms. The smallest absolute Gasteiger partial charge is 0.0471 e. The van der Waals surface area contributed by atoms with E-state index in [4.69, 9.17) is 16.7 Å². The first-order valence-electron chi connectivity index (χ1n) is 3.60. The van der Waals surface area contributed by atoms with Crippen LogP contribution in [0.25, 0.3) is 0 Å². The number of benzene rings is 1. The second kappa shape index (κ2) is 3.74. The fourth-order valence-corrected chi connectivity index (χ4v) is 1.24. The number of rotatable bonds is 2. The van der Waals surface area contributed by atoms with Crippen LogP contribution in [0.1, 0.15) is 11.1 Å². The lowest BCUT2D eigenvalue weighted by atomic mass is 10.1. The van der Waals surface area contributed by atoms with Gasteiger partial charge in [-0.1, -0.05) is 29.8 Å². The zero-order chi connectivity index (χ0) is 8.27. The van der Waals surface area contributed by atoms with Crippen LogP contribution in [0.15, 0.2) is 18.2 Å². The number of aliphatic hydroxyl groups excluding tert-OH is 1. The normalized spacial score (nSPS) is 10.1. The van der Waals surface area contributed by atoms with Crippen LogP contribution in [0.3, 0.4) is 0 Å². The van der Waals surface area contributed by atoms with E-state index < -0.39 is 0 Å². The molecule has 0 saturated heterocycles. The maximum absolute atomic E-state index is 8.68. The van der Waals surface area contributed by atoms with Crippen LogP contribution in [-0.4, -0.2) is 11.7 Å². The number of hydrogen-bond donors (Lipinski definition) is 1. The van der Waals surface area contributed by atoms with Gasteiger partial charge in [0.1, 0.15) is 0 Å². The van der Waals surface area contributed by atoms with E-state index in [1.165, 1.54) is 0 Å². The molecule has 1 nitrogen and oxygen atoms in total. The standard InChI is InChI=1S/C9H11ClO/c1-7-3-2-4-8(5-6-11)9(7)10/h2-4,11H,5-6H2,1H3. The second-order valence-electron chi connectivity index (χ2n) is 2.52. The third-order valence-electron chi connectivity index (χ3n) is 1.65. The van der Waals surface area contributed by atoms with Crippen LogP contribution in [0.4, 0.5) is 0 Å². The third kappa shape index (κ3) is 1.95. The van der Waals surface area contributed by atoms with Gasteiger partial charge in [0.15, 0.2) is 0 Å². The Labute approximate surface area is 71.6 Å². The molecule has 60 valence electrons. The SMILES string of the molecule is Cc1cccc(CCO)c1Cl. The van der Waals surface area contributed by atoms with Crippen molar-refractivity contribution >= 4 is 11.6 Å². The first-order valence-corrected chi connectivity index (χ1v) is 3.98. The zero-order valence-corrected chi connectivity index (χ0v) is 7.23. The fraction of sp³-hybridized carbons (Fsp3) is 0.333. The summed E-state index contributed by atoms with van der Waals surface area (Å²) in [4.78, 5) is 0. The van der Waals surface area contributed by atoms with E-state index in [-0.39, 0.29) is 6.61 Å². The van der Waals surface area contributed by atoms with Crippen molar-refractivity contribution in [3.63, 3.8) is 0 Å². The molecule has 0 aliphatic carbocycles. The van der Waals surface area contributed by atoms with Gasteiger partial charge in [-0.05, 0) is 24.5 Å². The molecule has 0 aromatic heterocycles.